The van der Waals surface area contributed by atoms with E-state index in [1.54, 1.807) is 19.1 Å². The maximum absolute atomic E-state index is 11.5. The molecule has 0 aliphatic rings. The highest BCUT2D eigenvalue weighted by Crippen LogP contribution is 2.02. The number of hydrogen-bond acceptors (Lipinski definition) is 5. The first-order valence-electron chi connectivity index (χ1n) is 5.11. The third kappa shape index (κ3) is 2.91. The number of aryl methyl sites for hydroxylation is 1. The fourth-order valence-corrected chi connectivity index (χ4v) is 1.21. The molecule has 2 N–H and O–H groups in total. The zero-order valence-electron chi connectivity index (χ0n) is 9.51. The van der Waals surface area contributed by atoms with E-state index < -0.39 is 5.91 Å². The van der Waals surface area contributed by atoms with E-state index in [1.807, 2.05) is 0 Å². The Kier molecular flexibility index (Phi) is 3.33. The first-order valence-corrected chi connectivity index (χ1v) is 5.11. The largest absolute Gasteiger partial charge is 0.460 e. The molecule has 0 fully saturated rings. The Morgan fingerprint density at radius 1 is 1.44 bits per heavy atom. The molecule has 18 heavy (non-hydrogen) atoms. The van der Waals surface area contributed by atoms with Gasteiger partial charge in [-0.1, -0.05) is 0 Å². The summed E-state index contributed by atoms with van der Waals surface area (Å²) in [4.78, 5) is 22.3. The predicted octanol–water partition coefficient (Wildman–Crippen LogP) is 0.435. The van der Waals surface area contributed by atoms with Crippen LogP contribution in [0.15, 0.2) is 38.6 Å². The minimum absolute atomic E-state index is 0.0716. The van der Waals surface area contributed by atoms with Gasteiger partial charge in [-0.15, -0.1) is 0 Å². The van der Waals surface area contributed by atoms with Crippen LogP contribution in [0.25, 0.3) is 0 Å². The fraction of sp³-hybridized carbons (Fsp3) is 0.0909. The fourth-order valence-electron chi connectivity index (χ4n) is 1.21. The third-order valence-corrected chi connectivity index (χ3v) is 2.03. The van der Waals surface area contributed by atoms with E-state index in [0.29, 0.717) is 5.76 Å². The van der Waals surface area contributed by atoms with Gasteiger partial charge in [0, 0.05) is 6.07 Å². The Morgan fingerprint density at radius 3 is 2.89 bits per heavy atom. The molecule has 0 atom stereocenters. The molecule has 0 saturated heterocycles. The van der Waals surface area contributed by atoms with E-state index in [0.717, 1.165) is 5.76 Å². The van der Waals surface area contributed by atoms with Crippen LogP contribution in [0, 0.1) is 6.92 Å². The van der Waals surface area contributed by atoms with E-state index in [4.69, 9.17) is 4.42 Å². The van der Waals surface area contributed by atoms with Gasteiger partial charge >= 0.3 is 0 Å². The number of nitrogens with one attached hydrogen (secondary N) is 2. The van der Waals surface area contributed by atoms with Crippen molar-refractivity contribution >= 4 is 12.1 Å². The molecule has 2 rings (SSSR count). The van der Waals surface area contributed by atoms with Gasteiger partial charge in [-0.2, -0.15) is 10.2 Å². The van der Waals surface area contributed by atoms with Crippen LogP contribution < -0.4 is 11.0 Å². The van der Waals surface area contributed by atoms with Gasteiger partial charge < -0.3 is 4.42 Å². The van der Waals surface area contributed by atoms with Crippen molar-refractivity contribution in [1.29, 1.82) is 0 Å². The van der Waals surface area contributed by atoms with Crippen LogP contribution >= 0.6 is 0 Å². The lowest BCUT2D eigenvalue weighted by Gasteiger charge is -1.96. The molecule has 0 radical (unpaired) electrons. The van der Waals surface area contributed by atoms with Crippen molar-refractivity contribution in [3.05, 3.63) is 51.8 Å². The average Bonchev–Trinajstić information content (AvgIpc) is 2.76. The summed E-state index contributed by atoms with van der Waals surface area (Å²) in [5.41, 5.74) is 1.96. The number of aromatic nitrogens is 2. The second-order valence-corrected chi connectivity index (χ2v) is 3.45. The first kappa shape index (κ1) is 11.8. The highest BCUT2D eigenvalue weighted by atomic mass is 16.3. The highest BCUT2D eigenvalue weighted by Gasteiger charge is 2.05. The van der Waals surface area contributed by atoms with Crippen molar-refractivity contribution in [3.8, 4) is 0 Å². The number of carbonyl (C=O) groups is 1. The molecule has 0 unspecified atom stereocenters. The van der Waals surface area contributed by atoms with Crippen LogP contribution in [-0.2, 0) is 0 Å². The monoisotopic (exact) mass is 246 g/mol. The summed E-state index contributed by atoms with van der Waals surface area (Å²) in [6.45, 7) is 1.81. The normalized spacial score (nSPS) is 10.7. The van der Waals surface area contributed by atoms with Crippen molar-refractivity contribution < 1.29 is 9.21 Å². The zero-order valence-corrected chi connectivity index (χ0v) is 9.51. The number of H-pyrrole nitrogens is 1. The Balaban J connectivity index is 1.98. The molecule has 0 aromatic carbocycles. The van der Waals surface area contributed by atoms with E-state index in [2.05, 4.69) is 20.7 Å². The van der Waals surface area contributed by atoms with Gasteiger partial charge in [0.15, 0.2) is 5.69 Å². The second kappa shape index (κ2) is 5.09. The molecule has 2 aromatic rings. The predicted molar refractivity (Wildman–Crippen MR) is 63.4 cm³/mol. The summed E-state index contributed by atoms with van der Waals surface area (Å²) in [6.07, 6.45) is 1.37. The summed E-state index contributed by atoms with van der Waals surface area (Å²) < 4.78 is 5.22. The number of aromatic amines is 1. The number of hydrazone groups is 1. The molecule has 7 nitrogen and oxygen atoms in total. The number of carbonyl (C=O) groups excluding carboxylic acids is 1. The number of amides is 1. The van der Waals surface area contributed by atoms with Gasteiger partial charge in [0.05, 0.1) is 6.21 Å². The van der Waals surface area contributed by atoms with E-state index in [-0.39, 0.29) is 11.3 Å². The van der Waals surface area contributed by atoms with E-state index in [9.17, 15) is 9.59 Å². The van der Waals surface area contributed by atoms with Crippen LogP contribution in [0.5, 0.6) is 0 Å². The van der Waals surface area contributed by atoms with Crippen LogP contribution in [0.3, 0.4) is 0 Å². The van der Waals surface area contributed by atoms with Crippen LogP contribution in [0.2, 0.25) is 0 Å². The lowest BCUT2D eigenvalue weighted by atomic mass is 10.4. The van der Waals surface area contributed by atoms with Crippen LogP contribution in [0.4, 0.5) is 0 Å². The molecule has 2 heterocycles. The summed E-state index contributed by atoms with van der Waals surface area (Å²) in [6, 6.07) is 6.03. The average molecular weight is 246 g/mol. The van der Waals surface area contributed by atoms with Crippen molar-refractivity contribution in [2.75, 3.05) is 0 Å². The second-order valence-electron chi connectivity index (χ2n) is 3.45. The van der Waals surface area contributed by atoms with Gasteiger partial charge in [0.1, 0.15) is 11.5 Å². The Morgan fingerprint density at radius 2 is 2.28 bits per heavy atom. The molecule has 7 heteroatoms. The Hall–Kier alpha value is -2.70. The van der Waals surface area contributed by atoms with Crippen molar-refractivity contribution in [2.24, 2.45) is 5.10 Å². The van der Waals surface area contributed by atoms with Crippen molar-refractivity contribution in [1.82, 2.24) is 15.6 Å². The quantitative estimate of drug-likeness (QED) is 0.606. The van der Waals surface area contributed by atoms with E-state index in [1.165, 1.54) is 18.3 Å². The zero-order chi connectivity index (χ0) is 13.0. The summed E-state index contributed by atoms with van der Waals surface area (Å²) in [7, 11) is 0. The van der Waals surface area contributed by atoms with Gasteiger partial charge in [-0.3, -0.25) is 9.59 Å². The van der Waals surface area contributed by atoms with E-state index >= 15 is 0 Å². The summed E-state index contributed by atoms with van der Waals surface area (Å²) in [5, 5.41) is 9.42. The highest BCUT2D eigenvalue weighted by molar-refractivity contribution is 5.92. The molecule has 1 amide bonds. The number of nitrogens with zero attached hydrogens (tertiary/aromatic N) is 2. The minimum Gasteiger partial charge on any atom is -0.460 e. The number of hydrogen-bond donors (Lipinski definition) is 2. The molecule has 0 saturated carbocycles. The summed E-state index contributed by atoms with van der Waals surface area (Å²) >= 11 is 0. The SMILES string of the molecule is Cc1ccc(/C=N\NC(=O)c2ccc(=O)[nH]n2)o1. The molecular formula is C11H10N4O3. The van der Waals surface area contributed by atoms with Gasteiger partial charge in [0.25, 0.3) is 11.5 Å². The molecule has 92 valence electrons. The number of rotatable bonds is 3. The Labute approximate surface area is 102 Å². The molecule has 0 aliphatic heterocycles. The minimum atomic E-state index is -0.522. The van der Waals surface area contributed by atoms with Crippen LogP contribution in [0.1, 0.15) is 22.0 Å². The molecule has 0 aliphatic carbocycles. The third-order valence-electron chi connectivity index (χ3n) is 2.03. The maximum Gasteiger partial charge on any atom is 0.291 e. The van der Waals surface area contributed by atoms with Gasteiger partial charge in [-0.05, 0) is 25.1 Å². The van der Waals surface area contributed by atoms with Gasteiger partial charge in [-0.25, -0.2) is 10.5 Å². The van der Waals surface area contributed by atoms with Gasteiger partial charge in [0.2, 0.25) is 0 Å². The molecule has 0 bridgehead atoms. The maximum atomic E-state index is 11.5. The smallest absolute Gasteiger partial charge is 0.291 e. The lowest BCUT2D eigenvalue weighted by molar-refractivity contribution is 0.0949. The number of furan rings is 1. The van der Waals surface area contributed by atoms with Crippen molar-refractivity contribution in [2.45, 2.75) is 6.92 Å². The molecular weight excluding hydrogens is 236 g/mol. The topological polar surface area (TPSA) is 100 Å². The standard InChI is InChI=1S/C11H10N4O3/c1-7-2-3-8(18-7)6-12-15-11(17)9-4-5-10(16)14-13-9/h2-6H,1H3,(H,14,16)(H,15,17)/b12-6-. The molecule has 2 aromatic heterocycles. The van der Waals surface area contributed by atoms with Crippen LogP contribution in [-0.4, -0.2) is 22.3 Å². The molecule has 0 spiro atoms. The first-order chi connectivity index (χ1) is 8.65. The lowest BCUT2D eigenvalue weighted by Crippen LogP contribution is -2.21. The Bertz CT molecular complexity index is 621. The van der Waals surface area contributed by atoms with Crippen molar-refractivity contribution in [3.63, 3.8) is 0 Å². The summed E-state index contributed by atoms with van der Waals surface area (Å²) in [5.74, 6) is 0.762.